The Hall–Kier alpha value is -1.85. The van der Waals surface area contributed by atoms with Crippen LogP contribution in [0, 0.1) is 17.8 Å². The number of hydrogen-bond donors (Lipinski definition) is 2. The third kappa shape index (κ3) is 2.87. The molecule has 120 valence electrons. The second-order valence-corrected chi connectivity index (χ2v) is 6.25. The van der Waals surface area contributed by atoms with E-state index in [2.05, 4.69) is 15.3 Å². The van der Waals surface area contributed by atoms with Gasteiger partial charge >= 0.3 is 5.97 Å². The fourth-order valence-corrected chi connectivity index (χ4v) is 4.07. The van der Waals surface area contributed by atoms with Crippen LogP contribution in [0.15, 0.2) is 6.33 Å². The number of nitrogens with zero attached hydrogens (tertiary/aromatic N) is 1. The maximum absolute atomic E-state index is 12.3. The summed E-state index contributed by atoms with van der Waals surface area (Å²) in [6, 6.07) is 0. The van der Waals surface area contributed by atoms with Gasteiger partial charge in [-0.25, -0.2) is 9.78 Å². The van der Waals surface area contributed by atoms with Gasteiger partial charge in [-0.05, 0) is 43.9 Å². The van der Waals surface area contributed by atoms with Crippen molar-refractivity contribution in [2.45, 2.75) is 39.0 Å². The molecule has 0 bridgehead atoms. The van der Waals surface area contributed by atoms with Crippen molar-refractivity contribution in [1.29, 1.82) is 0 Å². The summed E-state index contributed by atoms with van der Waals surface area (Å²) in [5.74, 6) is 1.36. The molecule has 1 aromatic heterocycles. The van der Waals surface area contributed by atoms with Gasteiger partial charge in [0, 0.05) is 6.54 Å². The number of aromatic amines is 1. The van der Waals surface area contributed by atoms with Crippen molar-refractivity contribution in [3.05, 3.63) is 17.7 Å². The number of nitrogens with one attached hydrogen (secondary N) is 2. The minimum atomic E-state index is -0.540. The molecule has 2 aliphatic carbocycles. The smallest absolute Gasteiger partial charge is 0.357 e. The SMILES string of the molecule is CCOC(=O)c1[nH]cnc1C(=O)NC[C@H]1CC[C@@H]2CCC[C@@H]21. The number of ether oxygens (including phenoxy) is 1. The zero-order chi connectivity index (χ0) is 15.5. The first-order chi connectivity index (χ1) is 10.7. The molecule has 1 heterocycles. The zero-order valence-corrected chi connectivity index (χ0v) is 12.9. The lowest BCUT2D eigenvalue weighted by molar-refractivity contribution is 0.0516. The number of rotatable bonds is 5. The fourth-order valence-electron chi connectivity index (χ4n) is 4.07. The van der Waals surface area contributed by atoms with Crippen LogP contribution in [0.3, 0.4) is 0 Å². The van der Waals surface area contributed by atoms with Crippen molar-refractivity contribution >= 4 is 11.9 Å². The number of carbonyl (C=O) groups excluding carboxylic acids is 2. The average Bonchev–Trinajstić information content (AvgIpc) is 3.21. The third-order valence-electron chi connectivity index (χ3n) is 5.09. The number of amides is 1. The maximum atomic E-state index is 12.3. The molecule has 2 saturated carbocycles. The molecular formula is C16H23N3O3. The van der Waals surface area contributed by atoms with Crippen molar-refractivity contribution in [2.75, 3.05) is 13.2 Å². The van der Waals surface area contributed by atoms with Gasteiger partial charge in [0.2, 0.25) is 0 Å². The van der Waals surface area contributed by atoms with Crippen LogP contribution in [-0.4, -0.2) is 35.0 Å². The van der Waals surface area contributed by atoms with Gasteiger partial charge < -0.3 is 15.0 Å². The molecule has 0 aliphatic heterocycles. The Morgan fingerprint density at radius 1 is 1.36 bits per heavy atom. The summed E-state index contributed by atoms with van der Waals surface area (Å²) >= 11 is 0. The molecule has 3 rings (SSSR count). The molecule has 0 spiro atoms. The monoisotopic (exact) mass is 305 g/mol. The van der Waals surface area contributed by atoms with Crippen LogP contribution in [0.1, 0.15) is 60.0 Å². The van der Waals surface area contributed by atoms with Gasteiger partial charge in [0.15, 0.2) is 11.4 Å². The Bertz CT molecular complexity index is 555. The lowest BCUT2D eigenvalue weighted by Crippen LogP contribution is -2.32. The zero-order valence-electron chi connectivity index (χ0n) is 12.9. The van der Waals surface area contributed by atoms with Crippen LogP contribution in [-0.2, 0) is 4.74 Å². The maximum Gasteiger partial charge on any atom is 0.357 e. The molecule has 2 aliphatic rings. The highest BCUT2D eigenvalue weighted by molar-refractivity contribution is 6.02. The average molecular weight is 305 g/mol. The van der Waals surface area contributed by atoms with E-state index in [1.54, 1.807) is 6.92 Å². The molecule has 2 fully saturated rings. The summed E-state index contributed by atoms with van der Waals surface area (Å²) in [5.41, 5.74) is 0.254. The topological polar surface area (TPSA) is 84.1 Å². The van der Waals surface area contributed by atoms with E-state index < -0.39 is 5.97 Å². The van der Waals surface area contributed by atoms with Crippen molar-refractivity contribution in [3.63, 3.8) is 0 Å². The van der Waals surface area contributed by atoms with E-state index in [4.69, 9.17) is 4.74 Å². The van der Waals surface area contributed by atoms with E-state index in [9.17, 15) is 9.59 Å². The summed E-state index contributed by atoms with van der Waals surface area (Å²) < 4.78 is 4.92. The Labute approximate surface area is 130 Å². The van der Waals surface area contributed by atoms with Crippen LogP contribution in [0.2, 0.25) is 0 Å². The summed E-state index contributed by atoms with van der Waals surface area (Å²) in [7, 11) is 0. The first kappa shape index (κ1) is 15.1. The second kappa shape index (κ2) is 6.50. The van der Waals surface area contributed by atoms with Gasteiger partial charge in [-0.15, -0.1) is 0 Å². The Balaban J connectivity index is 1.58. The minimum absolute atomic E-state index is 0.124. The van der Waals surface area contributed by atoms with E-state index in [-0.39, 0.29) is 23.9 Å². The second-order valence-electron chi connectivity index (χ2n) is 6.25. The van der Waals surface area contributed by atoms with E-state index in [0.717, 1.165) is 11.8 Å². The van der Waals surface area contributed by atoms with Crippen LogP contribution in [0.5, 0.6) is 0 Å². The summed E-state index contributed by atoms with van der Waals surface area (Å²) in [5, 5.41) is 2.95. The molecule has 0 unspecified atom stereocenters. The predicted octanol–water partition coefficient (Wildman–Crippen LogP) is 2.14. The van der Waals surface area contributed by atoms with Gasteiger partial charge in [0.25, 0.3) is 5.91 Å². The Morgan fingerprint density at radius 3 is 3.05 bits per heavy atom. The van der Waals surface area contributed by atoms with Gasteiger partial charge in [0.1, 0.15) is 0 Å². The summed E-state index contributed by atoms with van der Waals surface area (Å²) in [4.78, 5) is 30.7. The first-order valence-electron chi connectivity index (χ1n) is 8.19. The standard InChI is InChI=1S/C16H23N3O3/c1-2-22-16(21)14-13(18-9-19-14)15(20)17-8-11-7-6-10-4-3-5-12(10)11/h9-12H,2-8H2,1H3,(H,17,20)(H,18,19)/t10-,11+,12-/m0/s1. The molecule has 0 saturated heterocycles. The molecule has 6 nitrogen and oxygen atoms in total. The molecule has 0 aromatic carbocycles. The number of carbonyl (C=O) groups is 2. The molecule has 1 amide bonds. The normalized spacial score (nSPS) is 26.7. The predicted molar refractivity (Wildman–Crippen MR) is 80.4 cm³/mol. The van der Waals surface area contributed by atoms with Crippen molar-refractivity contribution in [2.24, 2.45) is 17.8 Å². The van der Waals surface area contributed by atoms with Gasteiger partial charge in [0.05, 0.1) is 12.9 Å². The van der Waals surface area contributed by atoms with Gasteiger partial charge in [-0.1, -0.05) is 12.8 Å². The highest BCUT2D eigenvalue weighted by Crippen LogP contribution is 2.47. The molecule has 2 N–H and O–H groups in total. The van der Waals surface area contributed by atoms with Gasteiger partial charge in [-0.2, -0.15) is 0 Å². The molecule has 3 atom stereocenters. The van der Waals surface area contributed by atoms with Crippen molar-refractivity contribution < 1.29 is 14.3 Å². The van der Waals surface area contributed by atoms with Crippen LogP contribution < -0.4 is 5.32 Å². The van der Waals surface area contributed by atoms with Crippen LogP contribution in [0.25, 0.3) is 0 Å². The number of H-pyrrole nitrogens is 1. The molecule has 22 heavy (non-hydrogen) atoms. The first-order valence-corrected chi connectivity index (χ1v) is 8.19. The van der Waals surface area contributed by atoms with E-state index in [1.165, 1.54) is 38.4 Å². The van der Waals surface area contributed by atoms with E-state index in [0.29, 0.717) is 12.5 Å². The lowest BCUT2D eigenvalue weighted by Gasteiger charge is -2.18. The number of fused-ring (bicyclic) bond motifs is 1. The highest BCUT2D eigenvalue weighted by Gasteiger charge is 2.39. The van der Waals surface area contributed by atoms with Crippen molar-refractivity contribution in [1.82, 2.24) is 15.3 Å². The fraction of sp³-hybridized carbons (Fsp3) is 0.688. The minimum Gasteiger partial charge on any atom is -0.461 e. The summed E-state index contributed by atoms with van der Waals surface area (Å²) in [6.45, 7) is 2.67. The Kier molecular flexibility index (Phi) is 4.45. The van der Waals surface area contributed by atoms with Gasteiger partial charge in [-0.3, -0.25) is 4.79 Å². The molecular weight excluding hydrogens is 282 g/mol. The van der Waals surface area contributed by atoms with E-state index in [1.807, 2.05) is 0 Å². The molecule has 0 radical (unpaired) electrons. The highest BCUT2D eigenvalue weighted by atomic mass is 16.5. The molecule has 1 aromatic rings. The molecule has 6 heteroatoms. The van der Waals surface area contributed by atoms with Crippen molar-refractivity contribution in [3.8, 4) is 0 Å². The largest absolute Gasteiger partial charge is 0.461 e. The number of imidazole rings is 1. The van der Waals surface area contributed by atoms with E-state index >= 15 is 0 Å². The van der Waals surface area contributed by atoms with Crippen LogP contribution >= 0.6 is 0 Å². The summed E-state index contributed by atoms with van der Waals surface area (Å²) in [6.07, 6.45) is 7.81. The number of esters is 1. The number of aromatic nitrogens is 2. The Morgan fingerprint density at radius 2 is 2.23 bits per heavy atom. The van der Waals surface area contributed by atoms with Crippen LogP contribution in [0.4, 0.5) is 0 Å². The lowest BCUT2D eigenvalue weighted by atomic mass is 9.92. The quantitative estimate of drug-likeness (QED) is 0.816. The number of hydrogen-bond acceptors (Lipinski definition) is 4. The third-order valence-corrected chi connectivity index (χ3v) is 5.09.